The Hall–Kier alpha value is -1.59. The summed E-state index contributed by atoms with van der Waals surface area (Å²) in [5.41, 5.74) is -1.19. The van der Waals surface area contributed by atoms with E-state index in [2.05, 4.69) is 5.32 Å². The Balaban J connectivity index is 1.64. The molecule has 1 aliphatic heterocycles. The summed E-state index contributed by atoms with van der Waals surface area (Å²) in [5.74, 6) is -1.65. The minimum absolute atomic E-state index is 0.0144. The first-order chi connectivity index (χ1) is 9.41. The molecule has 110 valence electrons. The molecule has 2 amide bonds. The van der Waals surface area contributed by atoms with Crippen molar-refractivity contribution in [1.82, 2.24) is 10.2 Å². The fourth-order valence-corrected chi connectivity index (χ4v) is 3.00. The monoisotopic (exact) mass is 280 g/mol. The normalized spacial score (nSPS) is 29.1. The Morgan fingerprint density at radius 1 is 1.30 bits per heavy atom. The number of carbonyl (C=O) groups excluding carboxylic acids is 2. The molecular formula is C14H20N2O4. The number of carbonyl (C=O) groups is 3. The van der Waals surface area contributed by atoms with Gasteiger partial charge >= 0.3 is 5.97 Å². The van der Waals surface area contributed by atoms with Crippen LogP contribution in [0.1, 0.15) is 39.0 Å². The van der Waals surface area contributed by atoms with Gasteiger partial charge in [-0.3, -0.25) is 9.59 Å². The molecule has 2 N–H and O–H groups in total. The van der Waals surface area contributed by atoms with Crippen LogP contribution in [0.15, 0.2) is 0 Å². The molecule has 0 radical (unpaired) electrons. The van der Waals surface area contributed by atoms with E-state index in [-0.39, 0.29) is 24.2 Å². The predicted octanol–water partition coefficient (Wildman–Crippen LogP) is 0.367. The molecule has 3 aliphatic rings. The highest BCUT2D eigenvalue weighted by atomic mass is 16.4. The molecule has 2 unspecified atom stereocenters. The first-order valence-electron chi connectivity index (χ1n) is 7.26. The third-order valence-electron chi connectivity index (χ3n) is 4.74. The van der Waals surface area contributed by atoms with Crippen LogP contribution in [0, 0.1) is 11.8 Å². The van der Waals surface area contributed by atoms with E-state index in [0.717, 1.165) is 25.7 Å². The molecule has 6 heteroatoms. The van der Waals surface area contributed by atoms with Gasteiger partial charge in [0.15, 0.2) is 0 Å². The van der Waals surface area contributed by atoms with Crippen LogP contribution < -0.4 is 5.32 Å². The number of carboxylic acids is 1. The number of hydrogen-bond donors (Lipinski definition) is 2. The van der Waals surface area contributed by atoms with Gasteiger partial charge in [-0.15, -0.1) is 0 Å². The summed E-state index contributed by atoms with van der Waals surface area (Å²) < 4.78 is 0. The number of amides is 2. The summed E-state index contributed by atoms with van der Waals surface area (Å²) in [6, 6.07) is 0.314. The van der Waals surface area contributed by atoms with E-state index < -0.39 is 17.4 Å². The number of nitrogens with zero attached hydrogens (tertiary/aromatic N) is 1. The number of rotatable bonds is 5. The van der Waals surface area contributed by atoms with Crippen LogP contribution in [0.3, 0.4) is 0 Å². The second kappa shape index (κ2) is 4.46. The van der Waals surface area contributed by atoms with Crippen molar-refractivity contribution < 1.29 is 19.5 Å². The molecule has 20 heavy (non-hydrogen) atoms. The van der Waals surface area contributed by atoms with E-state index in [9.17, 15) is 19.5 Å². The van der Waals surface area contributed by atoms with Crippen molar-refractivity contribution in [1.29, 1.82) is 0 Å². The summed E-state index contributed by atoms with van der Waals surface area (Å²) in [6.07, 6.45) is 3.93. The van der Waals surface area contributed by atoms with Crippen molar-refractivity contribution in [2.75, 3.05) is 6.54 Å². The molecule has 2 saturated carbocycles. The highest BCUT2D eigenvalue weighted by Crippen LogP contribution is 2.40. The van der Waals surface area contributed by atoms with Gasteiger partial charge in [-0.2, -0.15) is 0 Å². The maximum absolute atomic E-state index is 12.3. The Bertz CT molecular complexity index is 470. The predicted molar refractivity (Wildman–Crippen MR) is 69.7 cm³/mol. The standard InChI is InChI=1S/C14H20N2O4/c1-14(13(19)20,9-2-3-9)15-12(18)8-6-11(17)16(7-8)10-4-5-10/h8-10H,2-7H2,1H3,(H,15,18)(H,19,20). The van der Waals surface area contributed by atoms with Gasteiger partial charge < -0.3 is 15.3 Å². The zero-order valence-electron chi connectivity index (χ0n) is 11.6. The lowest BCUT2D eigenvalue weighted by Gasteiger charge is -2.27. The molecule has 0 aromatic heterocycles. The smallest absolute Gasteiger partial charge is 0.329 e. The second-order valence-electron chi connectivity index (χ2n) is 6.45. The fourth-order valence-electron chi connectivity index (χ4n) is 3.00. The highest BCUT2D eigenvalue weighted by molar-refractivity contribution is 5.93. The summed E-state index contributed by atoms with van der Waals surface area (Å²) in [4.78, 5) is 37.3. The lowest BCUT2D eigenvalue weighted by Crippen LogP contribution is -2.55. The minimum Gasteiger partial charge on any atom is -0.480 e. The molecule has 6 nitrogen and oxygen atoms in total. The third-order valence-corrected chi connectivity index (χ3v) is 4.74. The largest absolute Gasteiger partial charge is 0.480 e. The molecule has 2 atom stereocenters. The van der Waals surface area contributed by atoms with Crippen LogP contribution in [0.2, 0.25) is 0 Å². The van der Waals surface area contributed by atoms with Gasteiger partial charge in [0.25, 0.3) is 0 Å². The van der Waals surface area contributed by atoms with Crippen LogP contribution in [-0.2, 0) is 14.4 Å². The number of nitrogens with one attached hydrogen (secondary N) is 1. The zero-order valence-corrected chi connectivity index (χ0v) is 11.6. The van der Waals surface area contributed by atoms with E-state index in [1.165, 1.54) is 0 Å². The average molecular weight is 280 g/mol. The Morgan fingerprint density at radius 2 is 1.95 bits per heavy atom. The van der Waals surface area contributed by atoms with Crippen LogP contribution >= 0.6 is 0 Å². The van der Waals surface area contributed by atoms with Gasteiger partial charge in [-0.05, 0) is 38.5 Å². The zero-order chi connectivity index (χ0) is 14.5. The number of likely N-dealkylation sites (tertiary alicyclic amines) is 1. The van der Waals surface area contributed by atoms with Crippen LogP contribution in [0.25, 0.3) is 0 Å². The lowest BCUT2D eigenvalue weighted by molar-refractivity contribution is -0.148. The van der Waals surface area contributed by atoms with Crippen molar-refractivity contribution in [3.8, 4) is 0 Å². The van der Waals surface area contributed by atoms with Crippen LogP contribution in [-0.4, -0.2) is 45.9 Å². The van der Waals surface area contributed by atoms with E-state index in [1.807, 2.05) is 0 Å². The maximum atomic E-state index is 12.3. The molecule has 3 rings (SSSR count). The molecule has 0 spiro atoms. The molecule has 2 aliphatic carbocycles. The quantitative estimate of drug-likeness (QED) is 0.761. The molecule has 0 aromatic carbocycles. The average Bonchev–Trinajstić information content (AvgIpc) is 3.26. The third kappa shape index (κ3) is 2.27. The topological polar surface area (TPSA) is 86.7 Å². The van der Waals surface area contributed by atoms with Gasteiger partial charge in [0.1, 0.15) is 5.54 Å². The van der Waals surface area contributed by atoms with Crippen molar-refractivity contribution >= 4 is 17.8 Å². The van der Waals surface area contributed by atoms with Crippen LogP contribution in [0.4, 0.5) is 0 Å². The first kappa shape index (κ1) is 13.4. The Kier molecular flexibility index (Phi) is 2.99. The number of hydrogen-bond acceptors (Lipinski definition) is 3. The Morgan fingerprint density at radius 3 is 2.45 bits per heavy atom. The number of aliphatic carboxylic acids is 1. The molecule has 3 fully saturated rings. The van der Waals surface area contributed by atoms with Gasteiger partial charge in [-0.1, -0.05) is 0 Å². The van der Waals surface area contributed by atoms with Gasteiger partial charge in [-0.25, -0.2) is 4.79 Å². The second-order valence-corrected chi connectivity index (χ2v) is 6.45. The van der Waals surface area contributed by atoms with Gasteiger partial charge in [0.2, 0.25) is 11.8 Å². The summed E-state index contributed by atoms with van der Waals surface area (Å²) in [6.45, 7) is 2.01. The highest BCUT2D eigenvalue weighted by Gasteiger charge is 2.50. The SMILES string of the molecule is CC(NC(=O)C1CC(=O)N(C2CC2)C1)(C(=O)O)C1CC1. The van der Waals surface area contributed by atoms with Gasteiger partial charge in [0, 0.05) is 19.0 Å². The summed E-state index contributed by atoms with van der Waals surface area (Å²) >= 11 is 0. The molecule has 1 heterocycles. The summed E-state index contributed by atoms with van der Waals surface area (Å²) in [7, 11) is 0. The minimum atomic E-state index is -1.19. The molecular weight excluding hydrogens is 260 g/mol. The summed E-state index contributed by atoms with van der Waals surface area (Å²) in [5, 5.41) is 12.0. The van der Waals surface area contributed by atoms with E-state index in [4.69, 9.17) is 0 Å². The molecule has 1 saturated heterocycles. The first-order valence-corrected chi connectivity index (χ1v) is 7.26. The van der Waals surface area contributed by atoms with Gasteiger partial charge in [0.05, 0.1) is 5.92 Å². The lowest BCUT2D eigenvalue weighted by atomic mass is 9.94. The number of carboxylic acid groups (broad SMARTS) is 1. The molecule has 0 aromatic rings. The van der Waals surface area contributed by atoms with E-state index in [1.54, 1.807) is 11.8 Å². The fraction of sp³-hybridized carbons (Fsp3) is 0.786. The van der Waals surface area contributed by atoms with Crippen molar-refractivity contribution in [3.05, 3.63) is 0 Å². The van der Waals surface area contributed by atoms with Crippen molar-refractivity contribution in [2.45, 2.75) is 50.6 Å². The maximum Gasteiger partial charge on any atom is 0.329 e. The Labute approximate surface area is 117 Å². The van der Waals surface area contributed by atoms with Crippen LogP contribution in [0.5, 0.6) is 0 Å². The molecule has 0 bridgehead atoms. The van der Waals surface area contributed by atoms with Crippen molar-refractivity contribution in [2.24, 2.45) is 11.8 Å². The van der Waals surface area contributed by atoms with E-state index in [0.29, 0.717) is 12.6 Å². The van der Waals surface area contributed by atoms with E-state index >= 15 is 0 Å². The van der Waals surface area contributed by atoms with Crippen molar-refractivity contribution in [3.63, 3.8) is 0 Å².